The lowest BCUT2D eigenvalue weighted by Crippen LogP contribution is -2.09. The Labute approximate surface area is 110 Å². The number of hydrogen-bond acceptors (Lipinski definition) is 2. The van der Waals surface area contributed by atoms with E-state index in [0.717, 1.165) is 5.56 Å². The van der Waals surface area contributed by atoms with Crippen LogP contribution in [-0.4, -0.2) is 11.6 Å². The fourth-order valence-corrected chi connectivity index (χ4v) is 1.69. The van der Waals surface area contributed by atoms with E-state index in [0.29, 0.717) is 16.2 Å². The van der Waals surface area contributed by atoms with E-state index < -0.39 is 0 Å². The third kappa shape index (κ3) is 2.84. The molecule has 0 saturated heterocycles. The van der Waals surface area contributed by atoms with Crippen LogP contribution in [0.25, 0.3) is 6.08 Å². The van der Waals surface area contributed by atoms with Crippen LogP contribution in [0.2, 0.25) is 5.02 Å². The van der Waals surface area contributed by atoms with Crippen LogP contribution < -0.4 is 0 Å². The summed E-state index contributed by atoms with van der Waals surface area (Å²) in [6.45, 7) is 1.64. The molecule has 0 atom stereocenters. The van der Waals surface area contributed by atoms with Crippen LogP contribution in [-0.2, 0) is 9.59 Å². The minimum atomic E-state index is -0.141. The van der Waals surface area contributed by atoms with Gasteiger partial charge in [-0.2, -0.15) is 0 Å². The molecule has 2 rings (SSSR count). The molecule has 18 heavy (non-hydrogen) atoms. The predicted octanol–water partition coefficient (Wildman–Crippen LogP) is 3.38. The smallest absolute Gasteiger partial charge is 0.186 e. The van der Waals surface area contributed by atoms with Crippen molar-refractivity contribution in [2.75, 3.05) is 0 Å². The summed E-state index contributed by atoms with van der Waals surface area (Å²) in [5, 5.41) is 0.661. The highest BCUT2D eigenvalue weighted by atomic mass is 35.5. The summed E-state index contributed by atoms with van der Waals surface area (Å²) in [4.78, 5) is 23.1. The number of carbonyl (C=O) groups excluding carboxylic acids is 2. The van der Waals surface area contributed by atoms with Gasteiger partial charge < -0.3 is 0 Å². The van der Waals surface area contributed by atoms with Crippen molar-refractivity contribution < 1.29 is 9.59 Å². The van der Waals surface area contributed by atoms with Crippen LogP contribution in [0.1, 0.15) is 12.5 Å². The van der Waals surface area contributed by atoms with E-state index in [4.69, 9.17) is 11.6 Å². The Balaban J connectivity index is 2.20. The van der Waals surface area contributed by atoms with Gasteiger partial charge in [-0.15, -0.1) is 0 Å². The summed E-state index contributed by atoms with van der Waals surface area (Å²) in [6.07, 6.45) is 6.15. The molecule has 0 spiro atoms. The van der Waals surface area contributed by atoms with E-state index in [1.54, 1.807) is 31.2 Å². The molecule has 2 nitrogen and oxygen atoms in total. The third-order valence-electron chi connectivity index (χ3n) is 2.63. The van der Waals surface area contributed by atoms with E-state index >= 15 is 0 Å². The Morgan fingerprint density at radius 1 is 0.944 bits per heavy atom. The fraction of sp³-hybridized carbons (Fsp3) is 0.0667. The maximum absolute atomic E-state index is 11.7. The standard InChI is InChI=1S/C15H11ClO2/c1-10-8-15(18)12(9-14(10)17)5-2-11-3-6-13(16)7-4-11/h2-9H,1H3/b5-2+. The second kappa shape index (κ2) is 5.15. The van der Waals surface area contributed by atoms with Crippen molar-refractivity contribution in [1.82, 2.24) is 0 Å². The predicted molar refractivity (Wildman–Crippen MR) is 72.3 cm³/mol. The van der Waals surface area contributed by atoms with Gasteiger partial charge in [-0.05, 0) is 36.8 Å². The first-order valence-corrected chi connectivity index (χ1v) is 5.86. The van der Waals surface area contributed by atoms with E-state index in [-0.39, 0.29) is 11.6 Å². The molecule has 0 aromatic heterocycles. The molecular formula is C15H11ClO2. The lowest BCUT2D eigenvalue weighted by Gasteiger charge is -2.05. The van der Waals surface area contributed by atoms with Gasteiger partial charge >= 0.3 is 0 Å². The van der Waals surface area contributed by atoms with Crippen LogP contribution in [0.4, 0.5) is 0 Å². The minimum absolute atomic E-state index is 0.120. The molecule has 1 aromatic carbocycles. The molecule has 0 amide bonds. The summed E-state index contributed by atoms with van der Waals surface area (Å²) < 4.78 is 0. The number of carbonyl (C=O) groups is 2. The van der Waals surface area contributed by atoms with E-state index in [9.17, 15) is 9.59 Å². The highest BCUT2D eigenvalue weighted by Crippen LogP contribution is 2.15. The van der Waals surface area contributed by atoms with Gasteiger partial charge in [0.15, 0.2) is 11.6 Å². The molecule has 0 saturated carbocycles. The number of rotatable bonds is 2. The van der Waals surface area contributed by atoms with Crippen LogP contribution in [0, 0.1) is 0 Å². The largest absolute Gasteiger partial charge is 0.290 e. The van der Waals surface area contributed by atoms with Crippen molar-refractivity contribution in [1.29, 1.82) is 0 Å². The summed E-state index contributed by atoms with van der Waals surface area (Å²) in [5.41, 5.74) is 1.80. The Bertz CT molecular complexity index is 589. The summed E-state index contributed by atoms with van der Waals surface area (Å²) >= 11 is 5.78. The molecule has 0 fully saturated rings. The Morgan fingerprint density at radius 3 is 2.28 bits per heavy atom. The van der Waals surface area contributed by atoms with Crippen LogP contribution in [0.5, 0.6) is 0 Å². The quantitative estimate of drug-likeness (QED) is 0.762. The summed E-state index contributed by atoms with van der Waals surface area (Å²) in [5.74, 6) is -0.261. The van der Waals surface area contributed by atoms with Gasteiger partial charge in [0.2, 0.25) is 0 Å². The highest BCUT2D eigenvalue weighted by Gasteiger charge is 2.14. The zero-order valence-electron chi connectivity index (χ0n) is 9.81. The Hall–Kier alpha value is -1.93. The van der Waals surface area contributed by atoms with Crippen molar-refractivity contribution in [2.24, 2.45) is 0 Å². The summed E-state index contributed by atoms with van der Waals surface area (Å²) in [7, 11) is 0. The van der Waals surface area contributed by atoms with Gasteiger partial charge in [0.05, 0.1) is 0 Å². The average Bonchev–Trinajstić information content (AvgIpc) is 2.34. The second-order valence-electron chi connectivity index (χ2n) is 4.04. The molecule has 0 unspecified atom stereocenters. The van der Waals surface area contributed by atoms with Crippen molar-refractivity contribution in [3.8, 4) is 0 Å². The van der Waals surface area contributed by atoms with Gasteiger partial charge in [0.1, 0.15) is 0 Å². The van der Waals surface area contributed by atoms with Gasteiger partial charge in [-0.3, -0.25) is 9.59 Å². The monoisotopic (exact) mass is 258 g/mol. The van der Waals surface area contributed by atoms with E-state index in [1.807, 2.05) is 12.1 Å². The lowest BCUT2D eigenvalue weighted by atomic mass is 9.97. The first-order chi connectivity index (χ1) is 8.56. The highest BCUT2D eigenvalue weighted by molar-refractivity contribution is 6.30. The first-order valence-electron chi connectivity index (χ1n) is 5.48. The molecule has 0 heterocycles. The van der Waals surface area contributed by atoms with Crippen molar-refractivity contribution in [2.45, 2.75) is 6.92 Å². The van der Waals surface area contributed by atoms with Crippen molar-refractivity contribution in [3.05, 3.63) is 64.2 Å². The average molecular weight is 259 g/mol. The normalized spacial score (nSPS) is 15.9. The van der Waals surface area contributed by atoms with Crippen LogP contribution in [0.3, 0.4) is 0 Å². The van der Waals surface area contributed by atoms with Gasteiger partial charge in [-0.25, -0.2) is 0 Å². The number of halogens is 1. The molecule has 0 aliphatic heterocycles. The third-order valence-corrected chi connectivity index (χ3v) is 2.88. The molecule has 0 radical (unpaired) electrons. The second-order valence-corrected chi connectivity index (χ2v) is 4.48. The topological polar surface area (TPSA) is 34.1 Å². The van der Waals surface area contributed by atoms with Gasteiger partial charge in [0, 0.05) is 16.2 Å². The number of hydrogen-bond donors (Lipinski definition) is 0. The van der Waals surface area contributed by atoms with Gasteiger partial charge in [-0.1, -0.05) is 35.9 Å². The maximum atomic E-state index is 11.7. The number of allylic oxidation sites excluding steroid dienone is 5. The summed E-state index contributed by atoms with van der Waals surface area (Å²) in [6, 6.07) is 7.23. The molecule has 1 aliphatic rings. The minimum Gasteiger partial charge on any atom is -0.290 e. The lowest BCUT2D eigenvalue weighted by molar-refractivity contribution is -0.114. The van der Waals surface area contributed by atoms with Crippen LogP contribution in [0.15, 0.2) is 53.6 Å². The molecule has 0 bridgehead atoms. The molecule has 90 valence electrons. The zero-order valence-corrected chi connectivity index (χ0v) is 10.6. The molecule has 1 aromatic rings. The first kappa shape index (κ1) is 12.5. The van der Waals surface area contributed by atoms with Crippen LogP contribution >= 0.6 is 11.6 Å². The molecular weight excluding hydrogens is 248 g/mol. The van der Waals surface area contributed by atoms with E-state index in [1.165, 1.54) is 12.2 Å². The molecule has 3 heteroatoms. The Kier molecular flexibility index (Phi) is 3.58. The molecule has 1 aliphatic carbocycles. The molecule has 0 N–H and O–H groups in total. The fourth-order valence-electron chi connectivity index (χ4n) is 1.57. The number of benzene rings is 1. The SMILES string of the molecule is CC1=CC(=O)C(/C=C/c2ccc(Cl)cc2)=CC1=O. The van der Waals surface area contributed by atoms with E-state index in [2.05, 4.69) is 0 Å². The van der Waals surface area contributed by atoms with Gasteiger partial charge in [0.25, 0.3) is 0 Å². The van der Waals surface area contributed by atoms with Crippen molar-refractivity contribution in [3.63, 3.8) is 0 Å². The Morgan fingerprint density at radius 2 is 1.61 bits per heavy atom. The van der Waals surface area contributed by atoms with Crippen molar-refractivity contribution >= 4 is 29.2 Å². The zero-order chi connectivity index (χ0) is 13.1. The maximum Gasteiger partial charge on any atom is 0.186 e. The number of ketones is 2.